The van der Waals surface area contributed by atoms with Gasteiger partial charge in [-0.05, 0) is 48.6 Å². The molecule has 36 heavy (non-hydrogen) atoms. The lowest BCUT2D eigenvalue weighted by Crippen LogP contribution is -2.33. The van der Waals surface area contributed by atoms with Crippen LogP contribution in [0.3, 0.4) is 0 Å². The second-order valence-corrected chi connectivity index (χ2v) is 10.2. The highest BCUT2D eigenvalue weighted by atomic mass is 32.1. The van der Waals surface area contributed by atoms with E-state index in [1.54, 1.807) is 17.5 Å². The van der Waals surface area contributed by atoms with Gasteiger partial charge in [0, 0.05) is 37.8 Å². The average Bonchev–Trinajstić information content (AvgIpc) is 3.56. The number of aromatic nitrogens is 3. The smallest absolute Gasteiger partial charge is 0.229 e. The first-order chi connectivity index (χ1) is 17.6. The third kappa shape index (κ3) is 5.39. The molecule has 0 aliphatic carbocycles. The van der Waals surface area contributed by atoms with Gasteiger partial charge in [0.25, 0.3) is 0 Å². The van der Waals surface area contributed by atoms with Crippen molar-refractivity contribution in [1.82, 2.24) is 14.5 Å². The Morgan fingerprint density at radius 3 is 2.33 bits per heavy atom. The highest BCUT2D eigenvalue weighted by Gasteiger charge is 2.25. The van der Waals surface area contributed by atoms with Crippen LogP contribution in [-0.2, 0) is 11.3 Å². The maximum Gasteiger partial charge on any atom is 0.229 e. The predicted molar refractivity (Wildman–Crippen MR) is 148 cm³/mol. The lowest BCUT2D eigenvalue weighted by atomic mass is 9.88. The third-order valence-corrected chi connectivity index (χ3v) is 7.71. The van der Waals surface area contributed by atoms with E-state index in [-0.39, 0.29) is 11.8 Å². The Bertz CT molecular complexity index is 1390. The first-order valence-electron chi connectivity index (χ1n) is 12.3. The molecule has 0 spiro atoms. The van der Waals surface area contributed by atoms with E-state index < -0.39 is 0 Å². The SMILES string of the molecule is Cc1cc(C)c2sc(N(CCCn3ccnc3)C(=O)CC(c3ccccc3)c3ccccc3)nc2c1. The van der Waals surface area contributed by atoms with Crippen LogP contribution in [0, 0.1) is 13.8 Å². The number of thiazole rings is 1. The maximum atomic E-state index is 14.0. The number of amides is 1. The fourth-order valence-electron chi connectivity index (χ4n) is 4.72. The van der Waals surface area contributed by atoms with Crippen molar-refractivity contribution in [2.45, 2.75) is 39.2 Å². The average molecular weight is 495 g/mol. The molecule has 0 aliphatic rings. The second kappa shape index (κ2) is 10.9. The molecule has 0 radical (unpaired) electrons. The van der Waals surface area contributed by atoms with Gasteiger partial charge in [0.15, 0.2) is 5.13 Å². The fourth-order valence-corrected chi connectivity index (χ4v) is 5.78. The van der Waals surface area contributed by atoms with E-state index in [1.165, 1.54) is 11.1 Å². The molecule has 2 heterocycles. The molecular weight excluding hydrogens is 464 g/mol. The largest absolute Gasteiger partial charge is 0.337 e. The number of aryl methyl sites for hydroxylation is 3. The molecule has 0 unspecified atom stereocenters. The molecule has 5 nitrogen and oxygen atoms in total. The van der Waals surface area contributed by atoms with Gasteiger partial charge in [-0.1, -0.05) is 78.1 Å². The number of fused-ring (bicyclic) bond motifs is 1. The summed E-state index contributed by atoms with van der Waals surface area (Å²) in [6.45, 7) is 5.60. The van der Waals surface area contributed by atoms with Crippen molar-refractivity contribution in [3.63, 3.8) is 0 Å². The first-order valence-corrected chi connectivity index (χ1v) is 13.1. The number of imidazole rings is 1. The van der Waals surface area contributed by atoms with Crippen LogP contribution in [0.25, 0.3) is 10.2 Å². The molecule has 0 saturated carbocycles. The Hall–Kier alpha value is -3.77. The van der Waals surface area contributed by atoms with Crippen LogP contribution < -0.4 is 4.90 Å². The predicted octanol–water partition coefficient (Wildman–Crippen LogP) is 6.76. The van der Waals surface area contributed by atoms with Crippen LogP contribution in [0.5, 0.6) is 0 Å². The number of carbonyl (C=O) groups is 1. The van der Waals surface area contributed by atoms with Gasteiger partial charge in [0.2, 0.25) is 5.91 Å². The molecule has 5 aromatic rings. The molecule has 2 aromatic heterocycles. The van der Waals surface area contributed by atoms with E-state index in [4.69, 9.17) is 4.98 Å². The van der Waals surface area contributed by atoms with Crippen LogP contribution in [0.1, 0.15) is 41.0 Å². The number of anilines is 1. The minimum Gasteiger partial charge on any atom is -0.337 e. The minimum absolute atomic E-state index is 0.0191. The first kappa shape index (κ1) is 23.9. The Kier molecular flexibility index (Phi) is 7.23. The third-order valence-electron chi connectivity index (χ3n) is 6.48. The minimum atomic E-state index is -0.0191. The van der Waals surface area contributed by atoms with E-state index >= 15 is 0 Å². The molecule has 1 amide bonds. The van der Waals surface area contributed by atoms with Gasteiger partial charge in [0.05, 0.1) is 16.5 Å². The van der Waals surface area contributed by atoms with Gasteiger partial charge in [-0.2, -0.15) is 0 Å². The normalized spacial score (nSPS) is 11.3. The Labute approximate surface area is 216 Å². The molecule has 0 atom stereocenters. The summed E-state index contributed by atoms with van der Waals surface area (Å²) in [5.41, 5.74) is 5.63. The zero-order chi connectivity index (χ0) is 24.9. The van der Waals surface area contributed by atoms with Crippen LogP contribution in [-0.4, -0.2) is 27.0 Å². The molecule has 5 rings (SSSR count). The molecule has 0 bridgehead atoms. The summed E-state index contributed by atoms with van der Waals surface area (Å²) in [6.07, 6.45) is 6.75. The topological polar surface area (TPSA) is 51.0 Å². The molecule has 6 heteroatoms. The van der Waals surface area contributed by atoms with Crippen LogP contribution in [0.4, 0.5) is 5.13 Å². The Morgan fingerprint density at radius 1 is 1.00 bits per heavy atom. The highest BCUT2D eigenvalue weighted by Crippen LogP contribution is 2.34. The van der Waals surface area contributed by atoms with Gasteiger partial charge in [-0.25, -0.2) is 9.97 Å². The number of carbonyl (C=O) groups excluding carboxylic acids is 1. The summed E-state index contributed by atoms with van der Waals surface area (Å²) < 4.78 is 3.19. The number of rotatable bonds is 9. The van der Waals surface area contributed by atoms with Crippen molar-refractivity contribution in [3.05, 3.63) is 114 Å². The number of hydrogen-bond donors (Lipinski definition) is 0. The summed E-state index contributed by atoms with van der Waals surface area (Å²) in [5, 5.41) is 0.772. The zero-order valence-corrected chi connectivity index (χ0v) is 21.5. The standard InChI is InChI=1S/C30H30N4OS/c1-22-18-23(2)29-27(19-22)32-30(36-29)34(16-9-15-33-17-14-31-21-33)28(35)20-26(24-10-5-3-6-11-24)25-12-7-4-8-13-25/h3-8,10-14,17-19,21,26H,9,15-16,20H2,1-2H3. The fraction of sp³-hybridized carbons (Fsp3) is 0.233. The van der Waals surface area contributed by atoms with Crippen molar-refractivity contribution in [2.75, 3.05) is 11.4 Å². The lowest BCUT2D eigenvalue weighted by molar-refractivity contribution is -0.118. The summed E-state index contributed by atoms with van der Waals surface area (Å²) in [6, 6.07) is 24.9. The van der Waals surface area contributed by atoms with Crippen molar-refractivity contribution in [3.8, 4) is 0 Å². The van der Waals surface area contributed by atoms with E-state index in [0.717, 1.165) is 39.4 Å². The zero-order valence-electron chi connectivity index (χ0n) is 20.7. The highest BCUT2D eigenvalue weighted by molar-refractivity contribution is 7.22. The molecule has 3 aromatic carbocycles. The lowest BCUT2D eigenvalue weighted by Gasteiger charge is -2.24. The van der Waals surface area contributed by atoms with Crippen molar-refractivity contribution in [2.24, 2.45) is 0 Å². The van der Waals surface area contributed by atoms with Crippen molar-refractivity contribution < 1.29 is 4.79 Å². The van der Waals surface area contributed by atoms with E-state index in [9.17, 15) is 4.79 Å². The van der Waals surface area contributed by atoms with Crippen molar-refractivity contribution in [1.29, 1.82) is 0 Å². The van der Waals surface area contributed by atoms with Gasteiger partial charge < -0.3 is 4.57 Å². The second-order valence-electron chi connectivity index (χ2n) is 9.20. The molecule has 0 aliphatic heterocycles. The quantitative estimate of drug-likeness (QED) is 0.228. The van der Waals surface area contributed by atoms with Gasteiger partial charge >= 0.3 is 0 Å². The van der Waals surface area contributed by atoms with Gasteiger partial charge in [-0.3, -0.25) is 9.69 Å². The van der Waals surface area contributed by atoms with Gasteiger partial charge in [0.1, 0.15) is 0 Å². The summed E-state index contributed by atoms with van der Waals surface area (Å²) in [7, 11) is 0. The summed E-state index contributed by atoms with van der Waals surface area (Å²) in [4.78, 5) is 25.0. The van der Waals surface area contributed by atoms with Crippen LogP contribution in [0.2, 0.25) is 0 Å². The van der Waals surface area contributed by atoms with Crippen LogP contribution in [0.15, 0.2) is 91.5 Å². The van der Waals surface area contributed by atoms with Crippen LogP contribution >= 0.6 is 11.3 Å². The maximum absolute atomic E-state index is 14.0. The van der Waals surface area contributed by atoms with Crippen molar-refractivity contribution >= 4 is 32.6 Å². The summed E-state index contributed by atoms with van der Waals surface area (Å²) >= 11 is 1.61. The van der Waals surface area contributed by atoms with E-state index in [2.05, 4.69) is 55.2 Å². The molecule has 182 valence electrons. The van der Waals surface area contributed by atoms with Gasteiger partial charge in [-0.15, -0.1) is 0 Å². The van der Waals surface area contributed by atoms with E-state index in [0.29, 0.717) is 13.0 Å². The van der Waals surface area contributed by atoms with E-state index in [1.807, 2.05) is 58.4 Å². The monoisotopic (exact) mass is 494 g/mol. The molecule has 0 N–H and O–H groups in total. The Morgan fingerprint density at radius 2 is 1.69 bits per heavy atom. The number of benzene rings is 3. The number of nitrogens with zero attached hydrogens (tertiary/aromatic N) is 4. The summed E-state index contributed by atoms with van der Waals surface area (Å²) in [5.74, 6) is 0.0705. The molecule has 0 fully saturated rings. The molecule has 0 saturated heterocycles. The molecular formula is C30H30N4OS. The Balaban J connectivity index is 1.46. The number of hydrogen-bond acceptors (Lipinski definition) is 4.